The van der Waals surface area contributed by atoms with Crippen molar-refractivity contribution in [1.29, 1.82) is 0 Å². The molecule has 0 amide bonds. The van der Waals surface area contributed by atoms with Crippen molar-refractivity contribution in [3.05, 3.63) is 10.1 Å². The summed E-state index contributed by atoms with van der Waals surface area (Å²) in [5.41, 5.74) is -1.28. The van der Waals surface area contributed by atoms with E-state index in [0.717, 1.165) is 0 Å². The summed E-state index contributed by atoms with van der Waals surface area (Å²) in [5.74, 6) is -0.620. The summed E-state index contributed by atoms with van der Waals surface area (Å²) in [6.07, 6.45) is -0.232. The number of nitrogens with zero attached hydrogens (tertiary/aromatic N) is 2. The van der Waals surface area contributed by atoms with Gasteiger partial charge in [0.2, 0.25) is 0 Å². The topological polar surface area (TPSA) is 81.9 Å². The normalized spacial score (nSPS) is 25.3. The van der Waals surface area contributed by atoms with Crippen LogP contribution < -0.4 is 0 Å². The summed E-state index contributed by atoms with van der Waals surface area (Å²) in [4.78, 5) is 32.4. The zero-order valence-corrected chi connectivity index (χ0v) is 12.3. The fourth-order valence-corrected chi connectivity index (χ4v) is 2.40. The zero-order valence-electron chi connectivity index (χ0n) is 12.3. The molecule has 1 aliphatic rings. The number of hydrogen-bond acceptors (Lipinski definition) is 6. The van der Waals surface area contributed by atoms with Gasteiger partial charge in [0.1, 0.15) is 6.10 Å². The maximum Gasteiger partial charge on any atom is 0.327 e. The van der Waals surface area contributed by atoms with Crippen molar-refractivity contribution in [3.63, 3.8) is 0 Å². The minimum Gasteiger partial charge on any atom is -0.367 e. The summed E-state index contributed by atoms with van der Waals surface area (Å²) in [6, 6.07) is 0. The second kappa shape index (κ2) is 4.96. The van der Waals surface area contributed by atoms with E-state index in [4.69, 9.17) is 9.68 Å². The van der Waals surface area contributed by atoms with E-state index in [2.05, 4.69) is 0 Å². The van der Waals surface area contributed by atoms with E-state index in [1.54, 1.807) is 27.7 Å². The highest BCUT2D eigenvalue weighted by Crippen LogP contribution is 2.42. The standard InChI is InChI=1S/C12H22N2O5/c1-8(2)10(15)19-13-11(3,4)7-9(12(13,5)6)18-14(16)17/h8-9H,7H2,1-6H3. The molecule has 1 heterocycles. The lowest BCUT2D eigenvalue weighted by Gasteiger charge is -2.38. The Morgan fingerprint density at radius 2 is 1.89 bits per heavy atom. The zero-order chi connectivity index (χ0) is 15.0. The molecule has 1 rings (SSSR count). The molecule has 110 valence electrons. The van der Waals surface area contributed by atoms with E-state index in [-0.39, 0.29) is 11.9 Å². The van der Waals surface area contributed by atoms with Crippen LogP contribution in [0.15, 0.2) is 0 Å². The summed E-state index contributed by atoms with van der Waals surface area (Å²) >= 11 is 0. The largest absolute Gasteiger partial charge is 0.367 e. The molecule has 0 aromatic heterocycles. The van der Waals surface area contributed by atoms with Crippen molar-refractivity contribution in [2.45, 2.75) is 65.1 Å². The van der Waals surface area contributed by atoms with Crippen LogP contribution in [-0.4, -0.2) is 33.3 Å². The third-order valence-corrected chi connectivity index (χ3v) is 3.41. The van der Waals surface area contributed by atoms with Gasteiger partial charge in [-0.25, -0.2) is 0 Å². The highest BCUT2D eigenvalue weighted by Gasteiger charge is 2.56. The maximum atomic E-state index is 11.8. The van der Waals surface area contributed by atoms with Gasteiger partial charge in [-0.05, 0) is 34.1 Å². The molecule has 0 saturated carbocycles. The van der Waals surface area contributed by atoms with Crippen LogP contribution in [0.2, 0.25) is 0 Å². The Labute approximate surface area is 112 Å². The molecule has 1 saturated heterocycles. The Bertz CT molecular complexity index is 378. The van der Waals surface area contributed by atoms with Crippen LogP contribution in [0.4, 0.5) is 0 Å². The lowest BCUT2D eigenvalue weighted by atomic mass is 9.97. The lowest BCUT2D eigenvalue weighted by molar-refractivity contribution is -0.770. The van der Waals surface area contributed by atoms with Crippen LogP contribution in [0.5, 0.6) is 0 Å². The van der Waals surface area contributed by atoms with E-state index in [1.807, 2.05) is 13.8 Å². The minimum atomic E-state index is -0.795. The molecular weight excluding hydrogens is 252 g/mol. The summed E-state index contributed by atoms with van der Waals surface area (Å²) < 4.78 is 0. The van der Waals surface area contributed by atoms with Crippen molar-refractivity contribution in [2.24, 2.45) is 5.92 Å². The molecule has 0 aliphatic carbocycles. The van der Waals surface area contributed by atoms with Gasteiger partial charge in [0.05, 0.1) is 17.0 Å². The number of carbonyl (C=O) groups is 1. The molecule has 1 aliphatic heterocycles. The Morgan fingerprint density at radius 1 is 1.37 bits per heavy atom. The first-order chi connectivity index (χ1) is 8.48. The Balaban J connectivity index is 2.95. The number of hydroxylamine groups is 2. The predicted octanol–water partition coefficient (Wildman–Crippen LogP) is 1.94. The lowest BCUT2D eigenvalue weighted by Crippen LogP contribution is -2.52. The molecule has 1 fully saturated rings. The SMILES string of the molecule is CC(C)C(=O)ON1C(C)(C)CC(O[N+](=O)[O-])C1(C)C. The van der Waals surface area contributed by atoms with Crippen molar-refractivity contribution in [2.75, 3.05) is 0 Å². The van der Waals surface area contributed by atoms with E-state index in [0.29, 0.717) is 6.42 Å². The van der Waals surface area contributed by atoms with Gasteiger partial charge in [0, 0.05) is 0 Å². The van der Waals surface area contributed by atoms with Crippen LogP contribution in [0.1, 0.15) is 48.0 Å². The third-order valence-electron chi connectivity index (χ3n) is 3.41. The molecule has 0 aromatic rings. The highest BCUT2D eigenvalue weighted by molar-refractivity contribution is 5.71. The molecule has 0 spiro atoms. The Morgan fingerprint density at radius 3 is 2.32 bits per heavy atom. The smallest absolute Gasteiger partial charge is 0.327 e. The summed E-state index contributed by atoms with van der Waals surface area (Å²) in [7, 11) is 0. The Hall–Kier alpha value is -1.37. The predicted molar refractivity (Wildman–Crippen MR) is 67.4 cm³/mol. The molecule has 19 heavy (non-hydrogen) atoms. The van der Waals surface area contributed by atoms with Gasteiger partial charge in [0.25, 0.3) is 5.09 Å². The van der Waals surface area contributed by atoms with E-state index >= 15 is 0 Å². The van der Waals surface area contributed by atoms with Gasteiger partial charge in [-0.3, -0.25) is 4.79 Å². The first-order valence-corrected chi connectivity index (χ1v) is 6.32. The number of rotatable bonds is 4. The van der Waals surface area contributed by atoms with E-state index in [1.165, 1.54) is 5.06 Å². The van der Waals surface area contributed by atoms with E-state index in [9.17, 15) is 14.9 Å². The minimum absolute atomic E-state index is 0.262. The molecule has 0 N–H and O–H groups in total. The van der Waals surface area contributed by atoms with Crippen LogP contribution in [-0.2, 0) is 14.5 Å². The van der Waals surface area contributed by atoms with Gasteiger partial charge >= 0.3 is 5.97 Å². The third kappa shape index (κ3) is 3.15. The number of carbonyl (C=O) groups excluding carboxylic acids is 1. The van der Waals surface area contributed by atoms with Crippen molar-refractivity contribution >= 4 is 5.97 Å². The second-order valence-electron chi connectivity index (χ2n) is 6.35. The second-order valence-corrected chi connectivity index (χ2v) is 6.35. The fourth-order valence-electron chi connectivity index (χ4n) is 2.40. The van der Waals surface area contributed by atoms with Crippen LogP contribution in [0.3, 0.4) is 0 Å². The van der Waals surface area contributed by atoms with Crippen molar-refractivity contribution < 1.29 is 19.6 Å². The molecule has 1 atom stereocenters. The van der Waals surface area contributed by atoms with Gasteiger partial charge in [-0.15, -0.1) is 15.2 Å². The monoisotopic (exact) mass is 274 g/mol. The Kier molecular flexibility index (Phi) is 4.09. The molecular formula is C12H22N2O5. The van der Waals surface area contributed by atoms with Crippen molar-refractivity contribution in [1.82, 2.24) is 5.06 Å². The molecule has 7 nitrogen and oxygen atoms in total. The molecule has 0 bridgehead atoms. The molecule has 1 unspecified atom stereocenters. The summed E-state index contributed by atoms with van der Waals surface area (Å²) in [6.45, 7) is 10.7. The van der Waals surface area contributed by atoms with Crippen LogP contribution in [0, 0.1) is 16.0 Å². The average Bonchev–Trinajstić information content (AvgIpc) is 2.37. The van der Waals surface area contributed by atoms with Gasteiger partial charge < -0.3 is 9.68 Å². The number of hydrogen-bond donors (Lipinski definition) is 0. The molecule has 0 aromatic carbocycles. The van der Waals surface area contributed by atoms with Crippen LogP contribution in [0.25, 0.3) is 0 Å². The van der Waals surface area contributed by atoms with Crippen LogP contribution >= 0.6 is 0 Å². The van der Waals surface area contributed by atoms with Gasteiger partial charge in [-0.2, -0.15) is 0 Å². The first-order valence-electron chi connectivity index (χ1n) is 6.32. The molecule has 7 heteroatoms. The maximum absolute atomic E-state index is 11.8. The quantitative estimate of drug-likeness (QED) is 0.575. The average molecular weight is 274 g/mol. The van der Waals surface area contributed by atoms with Crippen molar-refractivity contribution in [3.8, 4) is 0 Å². The fraction of sp³-hybridized carbons (Fsp3) is 0.917. The molecule has 0 radical (unpaired) electrons. The van der Waals surface area contributed by atoms with E-state index < -0.39 is 22.3 Å². The highest BCUT2D eigenvalue weighted by atomic mass is 17.0. The first kappa shape index (κ1) is 15.7. The summed E-state index contributed by atoms with van der Waals surface area (Å²) in [5, 5.41) is 11.3. The van der Waals surface area contributed by atoms with Gasteiger partial charge in [0.15, 0.2) is 0 Å². The van der Waals surface area contributed by atoms with Gasteiger partial charge in [-0.1, -0.05) is 13.8 Å².